The molecule has 1 N–H and O–H groups in total. The fourth-order valence-electron chi connectivity index (χ4n) is 3.16. The van der Waals surface area contributed by atoms with Gasteiger partial charge in [-0.2, -0.15) is 8.42 Å². The Kier molecular flexibility index (Phi) is 13.6. The Balaban J connectivity index is 1.98. The van der Waals surface area contributed by atoms with E-state index in [0.717, 1.165) is 25.9 Å². The molecule has 0 atom stereocenters. The van der Waals surface area contributed by atoms with E-state index in [2.05, 4.69) is 16.4 Å². The molecule has 0 aromatic carbocycles. The van der Waals surface area contributed by atoms with E-state index < -0.39 is 26.8 Å². The van der Waals surface area contributed by atoms with Crippen LogP contribution in [0, 0.1) is 0 Å². The van der Waals surface area contributed by atoms with Crippen LogP contribution >= 0.6 is 0 Å². The maximum absolute atomic E-state index is 12.0. The highest BCUT2D eigenvalue weighted by Gasteiger charge is 2.28. The number of nitrogens with one attached hydrogen (secondary N) is 1. The molecule has 0 aromatic heterocycles. The van der Waals surface area contributed by atoms with Gasteiger partial charge in [0.2, 0.25) is 0 Å². The monoisotopic (exact) mass is 427 g/mol. The molecule has 0 radical (unpaired) electrons. The lowest BCUT2D eigenvalue weighted by molar-refractivity contribution is -0.133. The van der Waals surface area contributed by atoms with E-state index in [1.807, 2.05) is 0 Å². The molecule has 0 aromatic rings. The van der Waals surface area contributed by atoms with Crippen molar-refractivity contribution in [2.24, 2.45) is 0 Å². The third-order valence-electron chi connectivity index (χ3n) is 4.88. The van der Waals surface area contributed by atoms with Gasteiger partial charge in [-0.25, -0.2) is 0 Å². The number of unbranched alkanes of at least 4 members (excludes halogenated alkanes) is 9. The van der Waals surface area contributed by atoms with Crippen LogP contribution in [0.4, 0.5) is 0 Å². The smallest absolute Gasteiger partial charge is 0.342 e. The molecule has 1 aliphatic rings. The molecule has 0 bridgehead atoms. The number of ketones is 1. The Morgan fingerprint density at radius 1 is 0.966 bits per heavy atom. The van der Waals surface area contributed by atoms with Gasteiger partial charge in [-0.05, 0) is 38.4 Å². The normalized spacial score (nSPS) is 14.1. The second-order valence-electron chi connectivity index (χ2n) is 7.53. The molecule has 0 saturated heterocycles. The maximum Gasteiger partial charge on any atom is 0.345 e. The number of carbonyl (C=O) groups is 2. The van der Waals surface area contributed by atoms with E-state index >= 15 is 0 Å². The Labute approximate surface area is 176 Å². The minimum Gasteiger partial charge on any atom is -0.342 e. The summed E-state index contributed by atoms with van der Waals surface area (Å²) in [5.41, 5.74) is 0. The minimum atomic E-state index is -4.30. The van der Waals surface area contributed by atoms with Crippen molar-refractivity contribution in [1.82, 2.24) is 5.32 Å². The number of carbonyl (C=O) groups excluding carboxylic acids is 2. The molecular weight excluding hydrogens is 390 g/mol. The van der Waals surface area contributed by atoms with Crippen LogP contribution in [0.25, 0.3) is 0 Å². The number of hydrogen-bond donors (Lipinski definition) is 1. The highest BCUT2D eigenvalue weighted by Crippen LogP contribution is 2.17. The van der Waals surface area contributed by atoms with Gasteiger partial charge in [0.05, 0.1) is 0 Å². The van der Waals surface area contributed by atoms with E-state index in [0.29, 0.717) is 6.42 Å². The molecule has 0 saturated carbocycles. The predicted molar refractivity (Wildman–Crippen MR) is 116 cm³/mol. The second kappa shape index (κ2) is 15.4. The zero-order valence-electron chi connectivity index (χ0n) is 17.8. The standard InChI is InChI=1S/C22H37NO5S/c1-2-3-4-5-6-7-8-13-18-23-19-14-9-10-17-22(25)28-29(26,27)21-16-12-11-15-20(21)24/h11-12,16,23H,2-10,13-15,17-19H2,1H3. The molecule has 1 aliphatic carbocycles. The molecule has 0 amide bonds. The van der Waals surface area contributed by atoms with Crippen molar-refractivity contribution in [3.63, 3.8) is 0 Å². The van der Waals surface area contributed by atoms with Gasteiger partial charge in [-0.15, -0.1) is 0 Å². The topological polar surface area (TPSA) is 89.5 Å². The van der Waals surface area contributed by atoms with Gasteiger partial charge >= 0.3 is 16.1 Å². The van der Waals surface area contributed by atoms with Crippen LogP contribution in [-0.4, -0.2) is 33.3 Å². The molecule has 166 valence electrons. The van der Waals surface area contributed by atoms with Crippen molar-refractivity contribution in [2.45, 2.75) is 90.4 Å². The summed E-state index contributed by atoms with van der Waals surface area (Å²) in [7, 11) is -4.30. The third kappa shape index (κ3) is 12.0. The van der Waals surface area contributed by atoms with E-state index in [1.165, 1.54) is 63.5 Å². The van der Waals surface area contributed by atoms with Gasteiger partial charge in [-0.3, -0.25) is 9.59 Å². The van der Waals surface area contributed by atoms with Crippen LogP contribution < -0.4 is 5.32 Å². The summed E-state index contributed by atoms with van der Waals surface area (Å²) in [4.78, 5) is 22.9. The molecule has 6 nitrogen and oxygen atoms in total. The molecule has 0 heterocycles. The van der Waals surface area contributed by atoms with Gasteiger partial charge in [0.15, 0.2) is 5.78 Å². The number of rotatable bonds is 17. The first-order chi connectivity index (χ1) is 14.0. The van der Waals surface area contributed by atoms with E-state index in [1.54, 1.807) is 6.08 Å². The lowest BCUT2D eigenvalue weighted by atomic mass is 10.1. The molecule has 0 unspecified atom stereocenters. The third-order valence-corrected chi connectivity index (χ3v) is 6.18. The summed E-state index contributed by atoms with van der Waals surface area (Å²) in [6, 6.07) is 0. The van der Waals surface area contributed by atoms with Crippen LogP contribution in [0.3, 0.4) is 0 Å². The summed E-state index contributed by atoms with van der Waals surface area (Å²) in [5, 5.41) is 3.41. The summed E-state index contributed by atoms with van der Waals surface area (Å²) >= 11 is 0. The van der Waals surface area contributed by atoms with Gasteiger partial charge < -0.3 is 9.50 Å². The Morgan fingerprint density at radius 3 is 2.17 bits per heavy atom. The number of hydrogen-bond acceptors (Lipinski definition) is 6. The fraction of sp³-hybridized carbons (Fsp3) is 0.727. The van der Waals surface area contributed by atoms with Gasteiger partial charge in [-0.1, -0.05) is 70.4 Å². The SMILES string of the molecule is CCCCCCCCCCNCCCCCC(=O)OS(=O)(=O)C1=CC=CCC1=O. The predicted octanol–water partition coefficient (Wildman–Crippen LogP) is 4.56. The maximum atomic E-state index is 12.0. The lowest BCUT2D eigenvalue weighted by Gasteiger charge is -2.09. The quantitative estimate of drug-likeness (QED) is 0.270. The van der Waals surface area contributed by atoms with Crippen molar-refractivity contribution in [2.75, 3.05) is 13.1 Å². The van der Waals surface area contributed by atoms with Crippen molar-refractivity contribution in [1.29, 1.82) is 0 Å². The zero-order valence-corrected chi connectivity index (χ0v) is 18.6. The molecule has 7 heteroatoms. The van der Waals surface area contributed by atoms with E-state index in [9.17, 15) is 18.0 Å². The Bertz CT molecular complexity index is 652. The first-order valence-corrected chi connectivity index (χ1v) is 12.5. The highest BCUT2D eigenvalue weighted by atomic mass is 32.2. The van der Waals surface area contributed by atoms with Gasteiger partial charge in [0.25, 0.3) is 0 Å². The largest absolute Gasteiger partial charge is 0.345 e. The first-order valence-electron chi connectivity index (χ1n) is 11.1. The highest BCUT2D eigenvalue weighted by molar-refractivity contribution is 7.92. The van der Waals surface area contributed by atoms with Gasteiger partial charge in [0.1, 0.15) is 4.91 Å². The number of allylic oxidation sites excluding steroid dienone is 4. The molecular formula is C22H37NO5S. The first kappa shape index (κ1) is 25.6. The van der Waals surface area contributed by atoms with Crippen LogP contribution in [0.2, 0.25) is 0 Å². The summed E-state index contributed by atoms with van der Waals surface area (Å²) in [6.45, 7) is 4.16. The summed E-state index contributed by atoms with van der Waals surface area (Å²) in [5.74, 6) is -1.36. The molecule has 0 aliphatic heterocycles. The fourth-order valence-corrected chi connectivity index (χ4v) is 4.19. The van der Waals surface area contributed by atoms with Crippen LogP contribution in [0.1, 0.15) is 90.4 Å². The van der Waals surface area contributed by atoms with Crippen LogP contribution in [-0.2, 0) is 23.9 Å². The summed E-state index contributed by atoms with van der Waals surface area (Å²) in [6.07, 6.45) is 17.1. The second-order valence-corrected chi connectivity index (χ2v) is 9.05. The summed E-state index contributed by atoms with van der Waals surface area (Å²) < 4.78 is 28.5. The van der Waals surface area contributed by atoms with Crippen molar-refractivity contribution < 1.29 is 22.2 Å². The zero-order chi connectivity index (χ0) is 21.4. The molecule has 0 spiro atoms. The van der Waals surface area contributed by atoms with Crippen molar-refractivity contribution in [3.05, 3.63) is 23.1 Å². The van der Waals surface area contributed by atoms with Crippen LogP contribution in [0.15, 0.2) is 23.1 Å². The Hall–Kier alpha value is -1.47. The molecule has 1 rings (SSSR count). The van der Waals surface area contributed by atoms with Crippen molar-refractivity contribution in [3.8, 4) is 0 Å². The molecule has 29 heavy (non-hydrogen) atoms. The van der Waals surface area contributed by atoms with Crippen LogP contribution in [0.5, 0.6) is 0 Å². The number of Topliss-reactive ketones (excluding diaryl/α,β-unsaturated/α-hetero) is 1. The average molecular weight is 428 g/mol. The molecule has 0 fully saturated rings. The average Bonchev–Trinajstić information content (AvgIpc) is 2.68. The van der Waals surface area contributed by atoms with Crippen molar-refractivity contribution >= 4 is 21.9 Å². The Morgan fingerprint density at radius 2 is 1.55 bits per heavy atom. The van der Waals surface area contributed by atoms with E-state index in [4.69, 9.17) is 0 Å². The van der Waals surface area contributed by atoms with E-state index in [-0.39, 0.29) is 12.8 Å². The minimum absolute atomic E-state index is 0.00850. The lowest BCUT2D eigenvalue weighted by Crippen LogP contribution is -2.20. The van der Waals surface area contributed by atoms with Gasteiger partial charge in [0, 0.05) is 12.8 Å².